The predicted octanol–water partition coefficient (Wildman–Crippen LogP) is 9.21. The summed E-state index contributed by atoms with van der Waals surface area (Å²) in [6, 6.07) is 23.1. The van der Waals surface area contributed by atoms with Crippen molar-refractivity contribution in [1.29, 1.82) is 0 Å². The fourth-order valence-corrected chi connectivity index (χ4v) is 11.7. The van der Waals surface area contributed by atoms with E-state index < -0.39 is 18.4 Å². The third-order valence-corrected chi connectivity index (χ3v) is 13.6. The van der Waals surface area contributed by atoms with Crippen molar-refractivity contribution >= 4 is 76.6 Å². The lowest BCUT2D eigenvalue weighted by atomic mass is 9.93. The van der Waals surface area contributed by atoms with Gasteiger partial charge in [-0.3, -0.25) is 9.59 Å². The Morgan fingerprint density at radius 2 is 0.647 bits per heavy atom. The first-order chi connectivity index (χ1) is 25.1. The Hall–Kier alpha value is -5.74. The van der Waals surface area contributed by atoms with Crippen LogP contribution in [0.2, 0.25) is 0 Å². The summed E-state index contributed by atoms with van der Waals surface area (Å²) in [5.41, 5.74) is 18.6. The SMILES string of the molecule is O=C(CC(=O)OCc1cc2c3c4c(ccc5c4c4c(ccc6c4c3c1C6)C5)C2)OCc1cc2c3c4c(ccc5c4c4c(ccc6c4c3c1C6)C5)C2. The van der Waals surface area contributed by atoms with E-state index in [1.165, 1.54) is 131 Å². The maximum absolute atomic E-state index is 13.2. The molecule has 6 aliphatic rings. The average Bonchev–Trinajstić information content (AvgIpc) is 3.96. The molecule has 0 aliphatic heterocycles. The molecule has 0 unspecified atom stereocenters. The Kier molecular flexibility index (Phi) is 4.31. The van der Waals surface area contributed by atoms with Gasteiger partial charge in [0.2, 0.25) is 0 Å². The molecule has 6 aliphatic carbocycles. The maximum Gasteiger partial charge on any atom is 0.317 e. The lowest BCUT2D eigenvalue weighted by Gasteiger charge is -2.14. The number of hydrogen-bond acceptors (Lipinski definition) is 4. The first-order valence-electron chi connectivity index (χ1n) is 18.3. The summed E-state index contributed by atoms with van der Waals surface area (Å²) < 4.78 is 11.7. The molecule has 4 nitrogen and oxygen atoms in total. The van der Waals surface area contributed by atoms with Gasteiger partial charge in [-0.2, -0.15) is 0 Å². The molecule has 240 valence electrons. The molecule has 8 aromatic carbocycles. The number of benzene rings is 8. The maximum atomic E-state index is 13.2. The second-order valence-corrected chi connectivity index (χ2v) is 15.9. The van der Waals surface area contributed by atoms with Gasteiger partial charge in [0, 0.05) is 0 Å². The van der Waals surface area contributed by atoms with Gasteiger partial charge >= 0.3 is 11.9 Å². The van der Waals surface area contributed by atoms with E-state index in [0.717, 1.165) is 49.7 Å². The van der Waals surface area contributed by atoms with Crippen LogP contribution in [0, 0.1) is 0 Å². The third-order valence-electron chi connectivity index (χ3n) is 13.6. The Morgan fingerprint density at radius 3 is 1.00 bits per heavy atom. The van der Waals surface area contributed by atoms with E-state index in [0.29, 0.717) is 0 Å². The topological polar surface area (TPSA) is 52.6 Å². The van der Waals surface area contributed by atoms with Crippen LogP contribution < -0.4 is 0 Å². The highest BCUT2D eigenvalue weighted by molar-refractivity contribution is 6.34. The van der Waals surface area contributed by atoms with Crippen molar-refractivity contribution in [1.82, 2.24) is 0 Å². The van der Waals surface area contributed by atoms with Crippen molar-refractivity contribution < 1.29 is 19.1 Å². The predicted molar refractivity (Wildman–Crippen MR) is 199 cm³/mol. The normalized spacial score (nSPS) is 15.4. The molecule has 0 heterocycles. The van der Waals surface area contributed by atoms with E-state index in [4.69, 9.17) is 9.47 Å². The zero-order valence-electron chi connectivity index (χ0n) is 27.8. The van der Waals surface area contributed by atoms with Crippen LogP contribution in [0.15, 0.2) is 60.7 Å². The van der Waals surface area contributed by atoms with E-state index in [9.17, 15) is 9.59 Å². The minimum absolute atomic E-state index is 0.164. The molecule has 0 amide bonds. The van der Waals surface area contributed by atoms with E-state index in [-0.39, 0.29) is 13.2 Å². The van der Waals surface area contributed by atoms with Crippen LogP contribution in [0.5, 0.6) is 0 Å². The minimum atomic E-state index is -0.539. The Balaban J connectivity index is 0.752. The molecule has 0 fully saturated rings. The van der Waals surface area contributed by atoms with E-state index in [1.54, 1.807) is 0 Å². The highest BCUT2D eigenvalue weighted by atomic mass is 16.6. The van der Waals surface area contributed by atoms with Crippen LogP contribution >= 0.6 is 0 Å². The van der Waals surface area contributed by atoms with E-state index in [1.807, 2.05) is 0 Å². The van der Waals surface area contributed by atoms with Crippen molar-refractivity contribution in [2.75, 3.05) is 0 Å². The number of hydrogen-bond donors (Lipinski definition) is 0. The molecule has 14 rings (SSSR count). The molecular weight excluding hydrogens is 629 g/mol. The molecule has 0 radical (unpaired) electrons. The quantitative estimate of drug-likeness (QED) is 0.102. The van der Waals surface area contributed by atoms with Crippen molar-refractivity contribution in [2.45, 2.75) is 58.2 Å². The van der Waals surface area contributed by atoms with Crippen LogP contribution in [0.3, 0.4) is 0 Å². The van der Waals surface area contributed by atoms with Gasteiger partial charge in [-0.05, 0) is 181 Å². The molecule has 4 heteroatoms. The summed E-state index contributed by atoms with van der Waals surface area (Å²) in [7, 11) is 0. The van der Waals surface area contributed by atoms with Crippen LogP contribution in [-0.4, -0.2) is 11.9 Å². The first kappa shape index (κ1) is 26.1. The van der Waals surface area contributed by atoms with Crippen LogP contribution in [-0.2, 0) is 70.8 Å². The van der Waals surface area contributed by atoms with Crippen molar-refractivity contribution in [3.63, 3.8) is 0 Å². The van der Waals surface area contributed by atoms with Gasteiger partial charge < -0.3 is 9.47 Å². The van der Waals surface area contributed by atoms with Gasteiger partial charge in [-0.25, -0.2) is 0 Å². The molecule has 0 N–H and O–H groups in total. The Bertz CT molecular complexity index is 2910. The summed E-state index contributed by atoms with van der Waals surface area (Å²) in [6.45, 7) is 0.328. The monoisotopic (exact) mass is 656 g/mol. The van der Waals surface area contributed by atoms with Crippen molar-refractivity contribution in [2.24, 2.45) is 0 Å². The zero-order valence-corrected chi connectivity index (χ0v) is 27.8. The Morgan fingerprint density at radius 1 is 0.373 bits per heavy atom. The largest absolute Gasteiger partial charge is 0.460 e. The molecule has 0 spiro atoms. The minimum Gasteiger partial charge on any atom is -0.460 e. The summed E-state index contributed by atoms with van der Waals surface area (Å²) in [6.07, 6.45) is 5.14. The molecule has 0 atom stereocenters. The van der Waals surface area contributed by atoms with Crippen molar-refractivity contribution in [3.05, 3.63) is 139 Å². The summed E-state index contributed by atoms with van der Waals surface area (Å²) in [5.74, 6) is -1.08. The average molecular weight is 657 g/mol. The van der Waals surface area contributed by atoms with Gasteiger partial charge in [0.1, 0.15) is 19.6 Å². The summed E-state index contributed by atoms with van der Waals surface area (Å²) in [5, 5.41) is 17.1. The molecule has 0 saturated carbocycles. The van der Waals surface area contributed by atoms with Crippen LogP contribution in [0.4, 0.5) is 0 Å². The number of carbonyl (C=O) groups is 2. The third kappa shape index (κ3) is 2.93. The second kappa shape index (κ2) is 8.41. The lowest BCUT2D eigenvalue weighted by molar-refractivity contribution is -0.156. The van der Waals surface area contributed by atoms with E-state index in [2.05, 4.69) is 60.7 Å². The van der Waals surface area contributed by atoms with Gasteiger partial charge in [0.15, 0.2) is 0 Å². The second-order valence-electron chi connectivity index (χ2n) is 15.9. The molecule has 0 bridgehead atoms. The Labute approximate surface area is 291 Å². The molecule has 0 aromatic heterocycles. The highest BCUT2D eigenvalue weighted by Crippen LogP contribution is 2.55. The fraction of sp³-hybridized carbons (Fsp3) is 0.191. The molecule has 0 saturated heterocycles. The molecule has 8 aromatic rings. The summed E-state index contributed by atoms with van der Waals surface area (Å²) >= 11 is 0. The standard InChI is InChI=1S/C47H28O4/c48-34(50-18-30-13-28-11-24-3-1-20-9-22-5-7-26-15-32(30)46-42(26)38(22)36(20)40(24)44(28)46)17-35(49)51-19-31-14-29-12-25-4-2-21-10-23-6-8-27-16-33(31)47-43(27)39(23)37(21)41(25)45(29)47/h1-8,13-14H,9-12,15-19H2. The van der Waals surface area contributed by atoms with Gasteiger partial charge in [0.05, 0.1) is 0 Å². The highest BCUT2D eigenvalue weighted by Gasteiger charge is 2.35. The fourth-order valence-electron chi connectivity index (χ4n) is 11.7. The van der Waals surface area contributed by atoms with Gasteiger partial charge in [-0.1, -0.05) is 60.7 Å². The van der Waals surface area contributed by atoms with Crippen molar-refractivity contribution in [3.8, 4) is 0 Å². The number of rotatable bonds is 6. The van der Waals surface area contributed by atoms with Gasteiger partial charge in [0.25, 0.3) is 0 Å². The van der Waals surface area contributed by atoms with Crippen LogP contribution in [0.1, 0.15) is 84.3 Å². The van der Waals surface area contributed by atoms with Gasteiger partial charge in [-0.15, -0.1) is 0 Å². The summed E-state index contributed by atoms with van der Waals surface area (Å²) in [4.78, 5) is 26.3. The smallest absolute Gasteiger partial charge is 0.317 e. The first-order valence-corrected chi connectivity index (χ1v) is 18.3. The van der Waals surface area contributed by atoms with Crippen LogP contribution in [0.25, 0.3) is 64.6 Å². The zero-order chi connectivity index (χ0) is 33.0. The molecule has 51 heavy (non-hydrogen) atoms. The number of carbonyl (C=O) groups excluding carboxylic acids is 2. The van der Waals surface area contributed by atoms with E-state index >= 15 is 0 Å². The number of esters is 2. The molecular formula is C47H28O4. The lowest BCUT2D eigenvalue weighted by Crippen LogP contribution is -2.14. The number of ether oxygens (including phenoxy) is 2.